The normalized spacial score (nSPS) is 14.2. The van der Waals surface area contributed by atoms with Crippen molar-refractivity contribution in [3.05, 3.63) is 48.2 Å². The predicted molar refractivity (Wildman–Crippen MR) is 104 cm³/mol. The number of ether oxygens (including phenoxy) is 1. The van der Waals surface area contributed by atoms with E-state index in [4.69, 9.17) is 9.26 Å². The highest BCUT2D eigenvalue weighted by atomic mass is 16.5. The minimum Gasteiger partial charge on any atom is -0.497 e. The van der Waals surface area contributed by atoms with Gasteiger partial charge in [-0.25, -0.2) is 4.98 Å². The lowest BCUT2D eigenvalue weighted by Crippen LogP contribution is -2.30. The summed E-state index contributed by atoms with van der Waals surface area (Å²) in [4.78, 5) is 11.3. The number of piperidine rings is 1. The van der Waals surface area contributed by atoms with Gasteiger partial charge in [0.25, 0.3) is 0 Å². The van der Waals surface area contributed by atoms with Crippen molar-refractivity contribution >= 4 is 11.8 Å². The van der Waals surface area contributed by atoms with Crippen LogP contribution in [0.2, 0.25) is 0 Å². The Morgan fingerprint density at radius 2 is 2.04 bits per heavy atom. The molecule has 1 saturated heterocycles. The van der Waals surface area contributed by atoms with Crippen molar-refractivity contribution < 1.29 is 9.26 Å². The maximum absolute atomic E-state index is 5.32. The van der Waals surface area contributed by atoms with E-state index in [1.54, 1.807) is 7.11 Å². The van der Waals surface area contributed by atoms with Gasteiger partial charge in [0.05, 0.1) is 7.11 Å². The summed E-state index contributed by atoms with van der Waals surface area (Å²) >= 11 is 0. The van der Waals surface area contributed by atoms with E-state index < -0.39 is 0 Å². The Morgan fingerprint density at radius 1 is 1.15 bits per heavy atom. The van der Waals surface area contributed by atoms with Crippen LogP contribution in [0.25, 0.3) is 11.4 Å². The maximum Gasteiger partial charge on any atom is 0.322 e. The van der Waals surface area contributed by atoms with Gasteiger partial charge in [0.1, 0.15) is 11.6 Å². The quantitative estimate of drug-likeness (QED) is 0.713. The molecular weight excluding hydrogens is 342 g/mol. The van der Waals surface area contributed by atoms with Crippen molar-refractivity contribution in [1.82, 2.24) is 15.1 Å². The van der Waals surface area contributed by atoms with E-state index in [0.717, 1.165) is 35.8 Å². The third-order valence-electron chi connectivity index (χ3n) is 4.69. The zero-order valence-corrected chi connectivity index (χ0v) is 15.4. The molecule has 1 N–H and O–H groups in total. The van der Waals surface area contributed by atoms with Gasteiger partial charge >= 0.3 is 6.01 Å². The first kappa shape index (κ1) is 17.3. The molecule has 0 saturated carbocycles. The van der Waals surface area contributed by atoms with E-state index in [1.165, 1.54) is 19.3 Å². The van der Waals surface area contributed by atoms with Crippen molar-refractivity contribution in [2.45, 2.75) is 25.8 Å². The molecule has 140 valence electrons. The van der Waals surface area contributed by atoms with Crippen molar-refractivity contribution in [3.63, 3.8) is 0 Å². The van der Waals surface area contributed by atoms with Crippen LogP contribution in [0.4, 0.5) is 11.8 Å². The molecular formula is C20H23N5O2. The minimum atomic E-state index is 0.393. The lowest BCUT2D eigenvalue weighted by Gasteiger charge is -2.27. The molecule has 0 amide bonds. The first-order valence-corrected chi connectivity index (χ1v) is 9.24. The first-order chi connectivity index (χ1) is 13.3. The Labute approximate surface area is 158 Å². The second-order valence-corrected chi connectivity index (χ2v) is 6.58. The number of pyridine rings is 1. The monoisotopic (exact) mass is 365 g/mol. The summed E-state index contributed by atoms with van der Waals surface area (Å²) in [5.41, 5.74) is 1.98. The van der Waals surface area contributed by atoms with Gasteiger partial charge in [0.15, 0.2) is 0 Å². The highest BCUT2D eigenvalue weighted by Gasteiger charge is 2.13. The lowest BCUT2D eigenvalue weighted by atomic mass is 10.1. The molecule has 0 bridgehead atoms. The van der Waals surface area contributed by atoms with Gasteiger partial charge in [-0.15, -0.1) is 0 Å². The fourth-order valence-electron chi connectivity index (χ4n) is 3.22. The Morgan fingerprint density at radius 3 is 2.89 bits per heavy atom. The largest absolute Gasteiger partial charge is 0.497 e. The number of nitrogens with zero attached hydrogens (tertiary/aromatic N) is 4. The molecule has 1 fully saturated rings. The van der Waals surface area contributed by atoms with Gasteiger partial charge in [0.2, 0.25) is 5.82 Å². The second kappa shape index (κ2) is 8.07. The molecule has 1 aliphatic rings. The number of nitrogens with one attached hydrogen (secondary N) is 1. The Hall–Kier alpha value is -3.09. The smallest absolute Gasteiger partial charge is 0.322 e. The summed E-state index contributed by atoms with van der Waals surface area (Å²) in [6, 6.07) is 12.1. The third kappa shape index (κ3) is 4.19. The summed E-state index contributed by atoms with van der Waals surface area (Å²) < 4.78 is 10.6. The molecule has 27 heavy (non-hydrogen) atoms. The molecule has 3 aromatic rings. The van der Waals surface area contributed by atoms with Gasteiger partial charge in [-0.3, -0.25) is 0 Å². The number of hydrogen-bond acceptors (Lipinski definition) is 7. The Kier molecular flexibility index (Phi) is 5.18. The lowest BCUT2D eigenvalue weighted by molar-refractivity contribution is 0.414. The molecule has 0 unspecified atom stereocenters. The minimum absolute atomic E-state index is 0.393. The van der Waals surface area contributed by atoms with Crippen molar-refractivity contribution in [2.75, 3.05) is 30.4 Å². The van der Waals surface area contributed by atoms with E-state index >= 15 is 0 Å². The SMILES string of the molecule is COc1cccc(-c2noc(NCc3ccnc(N4CCCCC4)c3)n2)c1. The van der Waals surface area contributed by atoms with Crippen LogP contribution in [0.5, 0.6) is 5.75 Å². The van der Waals surface area contributed by atoms with E-state index in [9.17, 15) is 0 Å². The fourth-order valence-corrected chi connectivity index (χ4v) is 3.22. The van der Waals surface area contributed by atoms with Crippen LogP contribution in [0.3, 0.4) is 0 Å². The van der Waals surface area contributed by atoms with E-state index in [2.05, 4.69) is 31.4 Å². The molecule has 3 heterocycles. The molecule has 0 radical (unpaired) electrons. The van der Waals surface area contributed by atoms with Crippen molar-refractivity contribution in [2.24, 2.45) is 0 Å². The van der Waals surface area contributed by atoms with E-state index in [-0.39, 0.29) is 0 Å². The molecule has 2 aromatic heterocycles. The zero-order valence-electron chi connectivity index (χ0n) is 15.4. The predicted octanol–water partition coefficient (Wildman–Crippen LogP) is 3.74. The van der Waals surface area contributed by atoms with Crippen molar-refractivity contribution in [3.8, 4) is 17.1 Å². The number of anilines is 2. The highest BCUT2D eigenvalue weighted by Crippen LogP contribution is 2.23. The van der Waals surface area contributed by atoms with Crippen LogP contribution in [-0.2, 0) is 6.54 Å². The van der Waals surface area contributed by atoms with Crippen LogP contribution in [0.1, 0.15) is 24.8 Å². The number of benzene rings is 1. The number of methoxy groups -OCH3 is 1. The van der Waals surface area contributed by atoms with Gasteiger partial charge in [-0.05, 0) is 49.1 Å². The standard InChI is InChI=1S/C20H23N5O2/c1-26-17-7-5-6-16(13-17)19-23-20(27-24-19)22-14-15-8-9-21-18(12-15)25-10-3-2-4-11-25/h5-9,12-13H,2-4,10-11,14H2,1H3,(H,22,23,24). The molecule has 4 rings (SSSR count). The average Bonchev–Trinajstić information content (AvgIpc) is 3.22. The summed E-state index contributed by atoms with van der Waals surface area (Å²) in [5, 5.41) is 7.23. The van der Waals surface area contributed by atoms with Crippen LogP contribution in [0, 0.1) is 0 Å². The van der Waals surface area contributed by atoms with Gasteiger partial charge in [0, 0.05) is 31.4 Å². The first-order valence-electron chi connectivity index (χ1n) is 9.24. The summed E-state index contributed by atoms with van der Waals surface area (Å²) in [7, 11) is 1.63. The van der Waals surface area contributed by atoms with Gasteiger partial charge < -0.3 is 19.5 Å². The van der Waals surface area contributed by atoms with E-state index in [0.29, 0.717) is 18.4 Å². The molecule has 7 nitrogen and oxygen atoms in total. The highest BCUT2D eigenvalue weighted by molar-refractivity contribution is 5.58. The average molecular weight is 365 g/mol. The summed E-state index contributed by atoms with van der Waals surface area (Å²) in [5.74, 6) is 2.32. The molecule has 1 aliphatic heterocycles. The topological polar surface area (TPSA) is 76.3 Å². The summed E-state index contributed by atoms with van der Waals surface area (Å²) in [6.45, 7) is 2.76. The fraction of sp³-hybridized carbons (Fsp3) is 0.350. The van der Waals surface area contributed by atoms with E-state index in [1.807, 2.05) is 36.5 Å². The third-order valence-corrected chi connectivity index (χ3v) is 4.69. The zero-order chi connectivity index (χ0) is 18.5. The number of rotatable bonds is 6. The van der Waals surface area contributed by atoms with Crippen molar-refractivity contribution in [1.29, 1.82) is 0 Å². The molecule has 0 atom stereocenters. The van der Waals surface area contributed by atoms with Crippen LogP contribution >= 0.6 is 0 Å². The molecule has 0 aliphatic carbocycles. The van der Waals surface area contributed by atoms with Crippen LogP contribution in [-0.4, -0.2) is 35.3 Å². The van der Waals surface area contributed by atoms with Crippen LogP contribution in [0.15, 0.2) is 47.1 Å². The summed E-state index contributed by atoms with van der Waals surface area (Å²) in [6.07, 6.45) is 5.64. The number of hydrogen-bond donors (Lipinski definition) is 1. The molecule has 1 aromatic carbocycles. The second-order valence-electron chi connectivity index (χ2n) is 6.58. The van der Waals surface area contributed by atoms with Crippen LogP contribution < -0.4 is 15.0 Å². The number of aromatic nitrogens is 3. The molecule has 0 spiro atoms. The van der Waals surface area contributed by atoms with Gasteiger partial charge in [-0.2, -0.15) is 4.98 Å². The Bertz CT molecular complexity index is 889. The maximum atomic E-state index is 5.32. The molecule has 7 heteroatoms. The Balaban J connectivity index is 1.41. The van der Waals surface area contributed by atoms with Gasteiger partial charge in [-0.1, -0.05) is 17.3 Å².